The molecule has 0 radical (unpaired) electrons. The molecule has 0 aliphatic carbocycles. The van der Waals surface area contributed by atoms with Gasteiger partial charge in [0.15, 0.2) is 0 Å². The van der Waals surface area contributed by atoms with Crippen molar-refractivity contribution in [2.75, 3.05) is 25.0 Å². The molecule has 0 aromatic heterocycles. The first-order chi connectivity index (χ1) is 9.47. The number of phenolic OH excluding ortho intramolecular Hbond substituents is 2. The van der Waals surface area contributed by atoms with Crippen molar-refractivity contribution < 1.29 is 24.5 Å². The van der Waals surface area contributed by atoms with E-state index in [1.165, 1.54) is 12.1 Å². The smallest absolute Gasteiger partial charge is 0.418 e. The predicted octanol–water partition coefficient (Wildman–Crippen LogP) is 1.05. The first-order valence-corrected chi connectivity index (χ1v) is 5.96. The largest absolute Gasteiger partial charge is 0.508 e. The van der Waals surface area contributed by atoms with Gasteiger partial charge in [-0.05, 0) is 6.92 Å². The zero-order valence-electron chi connectivity index (χ0n) is 11.0. The fraction of sp³-hybridized carbons (Fsp3) is 0.333. The lowest BCUT2D eigenvalue weighted by atomic mass is 10.3. The standard InChI is InChI=1S/C12H17N3O5/c1-2-20-12(19)15(4-3-13)11(18)14-8-5-9(16)7-10(17)6-8/h5-7,16-17H,2-4,13H2,1H3,(H,14,18). The van der Waals surface area contributed by atoms with Crippen molar-refractivity contribution in [1.29, 1.82) is 0 Å². The van der Waals surface area contributed by atoms with Crippen LogP contribution in [0, 0.1) is 0 Å². The first kappa shape index (κ1) is 15.6. The highest BCUT2D eigenvalue weighted by Crippen LogP contribution is 2.24. The third-order valence-electron chi connectivity index (χ3n) is 2.24. The number of anilines is 1. The Kier molecular flexibility index (Phi) is 5.60. The van der Waals surface area contributed by atoms with Crippen LogP contribution in [-0.2, 0) is 4.74 Å². The molecular formula is C12H17N3O5. The Morgan fingerprint density at radius 2 is 1.90 bits per heavy atom. The Bertz CT molecular complexity index is 472. The van der Waals surface area contributed by atoms with Gasteiger partial charge >= 0.3 is 12.1 Å². The number of hydrogen-bond donors (Lipinski definition) is 4. The average Bonchev–Trinajstić information content (AvgIpc) is 2.34. The summed E-state index contributed by atoms with van der Waals surface area (Å²) in [5, 5.41) is 21.0. The second-order valence-corrected chi connectivity index (χ2v) is 3.81. The van der Waals surface area contributed by atoms with Gasteiger partial charge in [-0.1, -0.05) is 0 Å². The van der Waals surface area contributed by atoms with E-state index in [1.54, 1.807) is 6.92 Å². The SMILES string of the molecule is CCOC(=O)N(CCN)C(=O)Nc1cc(O)cc(O)c1. The molecule has 0 fully saturated rings. The Hall–Kier alpha value is -2.48. The number of nitrogens with two attached hydrogens (primary N) is 1. The normalized spacial score (nSPS) is 9.90. The summed E-state index contributed by atoms with van der Waals surface area (Å²) < 4.78 is 4.73. The number of carbonyl (C=O) groups is 2. The molecule has 0 saturated heterocycles. The molecule has 110 valence electrons. The summed E-state index contributed by atoms with van der Waals surface area (Å²) >= 11 is 0. The van der Waals surface area contributed by atoms with Gasteiger partial charge < -0.3 is 26.0 Å². The van der Waals surface area contributed by atoms with Crippen LogP contribution in [0.25, 0.3) is 0 Å². The lowest BCUT2D eigenvalue weighted by molar-refractivity contribution is 0.118. The first-order valence-electron chi connectivity index (χ1n) is 5.96. The molecule has 0 unspecified atom stereocenters. The number of urea groups is 1. The van der Waals surface area contributed by atoms with Crippen LogP contribution in [0.1, 0.15) is 6.92 Å². The van der Waals surface area contributed by atoms with Gasteiger partial charge in [-0.25, -0.2) is 14.5 Å². The van der Waals surface area contributed by atoms with Gasteiger partial charge in [0.1, 0.15) is 11.5 Å². The minimum Gasteiger partial charge on any atom is -0.508 e. The number of nitrogens with one attached hydrogen (secondary N) is 1. The molecule has 3 amide bonds. The highest BCUT2D eigenvalue weighted by Gasteiger charge is 2.22. The lowest BCUT2D eigenvalue weighted by Gasteiger charge is -2.19. The van der Waals surface area contributed by atoms with E-state index >= 15 is 0 Å². The quantitative estimate of drug-likeness (QED) is 0.654. The van der Waals surface area contributed by atoms with Gasteiger partial charge in [-0.2, -0.15) is 0 Å². The molecule has 0 spiro atoms. The molecule has 0 saturated carbocycles. The number of rotatable bonds is 4. The number of amides is 3. The minimum absolute atomic E-state index is 0.0184. The van der Waals surface area contributed by atoms with Crippen LogP contribution in [-0.4, -0.2) is 46.9 Å². The molecule has 0 aliphatic rings. The highest BCUT2D eigenvalue weighted by molar-refractivity contribution is 5.99. The molecule has 20 heavy (non-hydrogen) atoms. The lowest BCUT2D eigenvalue weighted by Crippen LogP contribution is -2.43. The maximum absolute atomic E-state index is 11.9. The number of hydrogen-bond acceptors (Lipinski definition) is 6. The van der Waals surface area contributed by atoms with E-state index in [0.29, 0.717) is 0 Å². The fourth-order valence-corrected chi connectivity index (χ4v) is 1.46. The number of phenols is 2. The third kappa shape index (κ3) is 4.32. The van der Waals surface area contributed by atoms with Gasteiger partial charge in [0.05, 0.1) is 6.61 Å². The molecule has 1 aromatic rings. The Labute approximate surface area is 115 Å². The van der Waals surface area contributed by atoms with Gasteiger partial charge in [0, 0.05) is 37.0 Å². The van der Waals surface area contributed by atoms with E-state index in [9.17, 15) is 19.8 Å². The predicted molar refractivity (Wildman–Crippen MR) is 71.6 cm³/mol. The van der Waals surface area contributed by atoms with Crippen molar-refractivity contribution in [2.24, 2.45) is 5.73 Å². The molecule has 0 atom stereocenters. The average molecular weight is 283 g/mol. The van der Waals surface area contributed by atoms with Crippen LogP contribution in [0.4, 0.5) is 15.3 Å². The maximum Gasteiger partial charge on any atom is 0.418 e. The molecule has 8 heteroatoms. The molecule has 5 N–H and O–H groups in total. The number of ether oxygens (including phenoxy) is 1. The van der Waals surface area contributed by atoms with E-state index in [4.69, 9.17) is 10.5 Å². The molecule has 0 bridgehead atoms. The fourth-order valence-electron chi connectivity index (χ4n) is 1.46. The summed E-state index contributed by atoms with van der Waals surface area (Å²) in [5.74, 6) is -0.441. The zero-order valence-corrected chi connectivity index (χ0v) is 11.0. The minimum atomic E-state index is -0.820. The van der Waals surface area contributed by atoms with Crippen LogP contribution in [0.15, 0.2) is 18.2 Å². The zero-order chi connectivity index (χ0) is 15.1. The van der Waals surface area contributed by atoms with Crippen molar-refractivity contribution >= 4 is 17.8 Å². The second-order valence-electron chi connectivity index (χ2n) is 3.81. The number of imide groups is 1. The van der Waals surface area contributed by atoms with E-state index in [0.717, 1.165) is 11.0 Å². The van der Waals surface area contributed by atoms with E-state index in [-0.39, 0.29) is 36.9 Å². The van der Waals surface area contributed by atoms with Crippen LogP contribution >= 0.6 is 0 Å². The second kappa shape index (κ2) is 7.19. The summed E-state index contributed by atoms with van der Waals surface area (Å²) in [5.41, 5.74) is 5.47. The number of carbonyl (C=O) groups excluding carboxylic acids is 2. The molecule has 8 nitrogen and oxygen atoms in total. The summed E-state index contributed by atoms with van der Waals surface area (Å²) in [4.78, 5) is 24.3. The topological polar surface area (TPSA) is 125 Å². The molecule has 0 heterocycles. The summed E-state index contributed by atoms with van der Waals surface area (Å²) in [7, 11) is 0. The van der Waals surface area contributed by atoms with Crippen molar-refractivity contribution in [2.45, 2.75) is 6.92 Å². The molecule has 0 aliphatic heterocycles. The van der Waals surface area contributed by atoms with Crippen LogP contribution < -0.4 is 11.1 Å². The molecule has 1 rings (SSSR count). The Balaban J connectivity index is 2.82. The van der Waals surface area contributed by atoms with Gasteiger partial charge in [0.2, 0.25) is 0 Å². The van der Waals surface area contributed by atoms with Crippen molar-refractivity contribution in [1.82, 2.24) is 4.90 Å². The summed E-state index contributed by atoms with van der Waals surface area (Å²) in [6, 6.07) is 2.80. The van der Waals surface area contributed by atoms with Crippen LogP contribution in [0.3, 0.4) is 0 Å². The summed E-state index contributed by atoms with van der Waals surface area (Å²) in [6.45, 7) is 1.80. The van der Waals surface area contributed by atoms with Crippen molar-refractivity contribution in [3.63, 3.8) is 0 Å². The molecular weight excluding hydrogens is 266 g/mol. The van der Waals surface area contributed by atoms with Gasteiger partial charge in [-0.3, -0.25) is 0 Å². The monoisotopic (exact) mass is 283 g/mol. The highest BCUT2D eigenvalue weighted by atomic mass is 16.6. The van der Waals surface area contributed by atoms with E-state index in [1.807, 2.05) is 0 Å². The van der Waals surface area contributed by atoms with Gasteiger partial charge in [0.25, 0.3) is 0 Å². The third-order valence-corrected chi connectivity index (χ3v) is 2.24. The maximum atomic E-state index is 11.9. The van der Waals surface area contributed by atoms with E-state index in [2.05, 4.69) is 5.32 Å². The number of benzene rings is 1. The molecule has 1 aromatic carbocycles. The Morgan fingerprint density at radius 1 is 1.30 bits per heavy atom. The Morgan fingerprint density at radius 3 is 2.40 bits per heavy atom. The number of aromatic hydroxyl groups is 2. The van der Waals surface area contributed by atoms with Crippen LogP contribution in [0.2, 0.25) is 0 Å². The van der Waals surface area contributed by atoms with E-state index < -0.39 is 12.1 Å². The van der Waals surface area contributed by atoms with Crippen molar-refractivity contribution in [3.8, 4) is 11.5 Å². The number of nitrogens with zero attached hydrogens (tertiary/aromatic N) is 1. The summed E-state index contributed by atoms with van der Waals surface area (Å²) in [6.07, 6.45) is -0.820. The van der Waals surface area contributed by atoms with Gasteiger partial charge in [-0.15, -0.1) is 0 Å². The van der Waals surface area contributed by atoms with Crippen molar-refractivity contribution in [3.05, 3.63) is 18.2 Å². The van der Waals surface area contributed by atoms with Crippen LogP contribution in [0.5, 0.6) is 11.5 Å².